The lowest BCUT2D eigenvalue weighted by Gasteiger charge is -2.20. The maximum Gasteiger partial charge on any atom is 0.325 e. The molecule has 0 bridgehead atoms. The van der Waals surface area contributed by atoms with Crippen LogP contribution in [0.5, 0.6) is 5.75 Å². The Kier molecular flexibility index (Phi) is 4.88. The number of benzene rings is 2. The van der Waals surface area contributed by atoms with Gasteiger partial charge in [-0.05, 0) is 36.8 Å². The molecule has 0 aliphatic carbocycles. The summed E-state index contributed by atoms with van der Waals surface area (Å²) in [5.74, 6) is 0.433. The van der Waals surface area contributed by atoms with E-state index in [1.807, 2.05) is 55.5 Å². The van der Waals surface area contributed by atoms with Crippen molar-refractivity contribution < 1.29 is 14.3 Å². The number of aryl methyl sites for hydroxylation is 1. The number of para-hydroxylation sites is 2. The number of amides is 3. The number of urea groups is 1. The number of carbonyl (C=O) groups is 2. The number of ether oxygens (including phenoxy) is 1. The zero-order valence-corrected chi connectivity index (χ0v) is 14.4. The van der Waals surface area contributed by atoms with Gasteiger partial charge in [0.05, 0.1) is 12.8 Å². The maximum absolute atomic E-state index is 12.6. The van der Waals surface area contributed by atoms with Crippen molar-refractivity contribution in [2.24, 2.45) is 0 Å². The Balaban J connectivity index is 1.65. The first-order valence-corrected chi connectivity index (χ1v) is 8.14. The van der Waals surface area contributed by atoms with Crippen molar-refractivity contribution >= 4 is 23.3 Å². The van der Waals surface area contributed by atoms with E-state index in [1.54, 1.807) is 12.0 Å². The van der Waals surface area contributed by atoms with E-state index in [0.717, 1.165) is 16.9 Å². The fourth-order valence-corrected chi connectivity index (χ4v) is 2.90. The van der Waals surface area contributed by atoms with Gasteiger partial charge in [-0.3, -0.25) is 9.69 Å². The van der Waals surface area contributed by atoms with E-state index in [9.17, 15) is 9.59 Å². The first kappa shape index (κ1) is 16.8. The lowest BCUT2D eigenvalue weighted by Crippen LogP contribution is -2.37. The summed E-state index contributed by atoms with van der Waals surface area (Å²) < 4.78 is 5.32. The van der Waals surface area contributed by atoms with Gasteiger partial charge in [0.1, 0.15) is 12.3 Å². The van der Waals surface area contributed by atoms with Crippen molar-refractivity contribution in [3.63, 3.8) is 0 Å². The molecule has 2 aromatic rings. The van der Waals surface area contributed by atoms with Crippen LogP contribution in [-0.2, 0) is 4.79 Å². The second kappa shape index (κ2) is 7.25. The number of nitrogens with one attached hydrogen (secondary N) is 1. The van der Waals surface area contributed by atoms with Gasteiger partial charge in [-0.2, -0.15) is 0 Å². The Morgan fingerprint density at radius 3 is 2.72 bits per heavy atom. The Hall–Kier alpha value is -3.02. The molecule has 0 radical (unpaired) electrons. The second-order valence-corrected chi connectivity index (χ2v) is 5.95. The Morgan fingerprint density at radius 1 is 1.16 bits per heavy atom. The average molecular weight is 339 g/mol. The molecule has 0 spiro atoms. The Labute approximate surface area is 147 Å². The molecule has 0 atom stereocenters. The van der Waals surface area contributed by atoms with Crippen LogP contribution in [0.25, 0.3) is 0 Å². The van der Waals surface area contributed by atoms with Gasteiger partial charge in [0.15, 0.2) is 0 Å². The molecule has 6 nitrogen and oxygen atoms in total. The van der Waals surface area contributed by atoms with Gasteiger partial charge in [-0.1, -0.05) is 24.3 Å². The fourth-order valence-electron chi connectivity index (χ4n) is 2.90. The number of carbonyl (C=O) groups excluding carboxylic acids is 2. The normalized spacial score (nSPS) is 13.9. The van der Waals surface area contributed by atoms with Crippen LogP contribution in [0.3, 0.4) is 0 Å². The van der Waals surface area contributed by atoms with E-state index >= 15 is 0 Å². The maximum atomic E-state index is 12.6. The van der Waals surface area contributed by atoms with E-state index in [2.05, 4.69) is 5.32 Å². The molecule has 1 heterocycles. The minimum Gasteiger partial charge on any atom is -0.495 e. The van der Waals surface area contributed by atoms with E-state index in [-0.39, 0.29) is 18.5 Å². The van der Waals surface area contributed by atoms with Gasteiger partial charge >= 0.3 is 6.03 Å². The molecule has 130 valence electrons. The molecule has 6 heteroatoms. The summed E-state index contributed by atoms with van der Waals surface area (Å²) in [6, 6.07) is 14.8. The number of hydrogen-bond donors (Lipinski definition) is 1. The predicted molar refractivity (Wildman–Crippen MR) is 97.1 cm³/mol. The van der Waals surface area contributed by atoms with Gasteiger partial charge in [-0.15, -0.1) is 0 Å². The molecule has 2 aromatic carbocycles. The van der Waals surface area contributed by atoms with Crippen LogP contribution in [0.15, 0.2) is 48.5 Å². The molecule has 3 rings (SSSR count). The molecule has 1 N–H and O–H groups in total. The summed E-state index contributed by atoms with van der Waals surface area (Å²) in [4.78, 5) is 28.1. The minimum absolute atomic E-state index is 0.0262. The van der Waals surface area contributed by atoms with E-state index < -0.39 is 0 Å². The number of nitrogens with zero attached hydrogens (tertiary/aromatic N) is 2. The zero-order chi connectivity index (χ0) is 17.8. The van der Waals surface area contributed by atoms with Crippen molar-refractivity contribution in [1.29, 1.82) is 0 Å². The minimum atomic E-state index is -0.208. The molecule has 1 aliphatic rings. The first-order chi connectivity index (χ1) is 12.1. The molecule has 3 amide bonds. The van der Waals surface area contributed by atoms with Crippen molar-refractivity contribution in [2.75, 3.05) is 37.0 Å². The predicted octanol–water partition coefficient (Wildman–Crippen LogP) is 2.88. The van der Waals surface area contributed by atoms with Crippen molar-refractivity contribution in [3.05, 3.63) is 54.1 Å². The zero-order valence-electron chi connectivity index (χ0n) is 14.4. The third kappa shape index (κ3) is 3.74. The number of anilines is 2. The van der Waals surface area contributed by atoms with Crippen LogP contribution < -0.4 is 15.0 Å². The lowest BCUT2D eigenvalue weighted by molar-refractivity contribution is -0.116. The third-order valence-corrected chi connectivity index (χ3v) is 4.11. The lowest BCUT2D eigenvalue weighted by atomic mass is 10.2. The quantitative estimate of drug-likeness (QED) is 0.911. The topological polar surface area (TPSA) is 61.9 Å². The van der Waals surface area contributed by atoms with Gasteiger partial charge in [0, 0.05) is 18.8 Å². The number of hydrogen-bond acceptors (Lipinski definition) is 3. The van der Waals surface area contributed by atoms with Crippen molar-refractivity contribution in [3.8, 4) is 5.75 Å². The highest BCUT2D eigenvalue weighted by atomic mass is 16.5. The number of methoxy groups -OCH3 is 1. The summed E-state index contributed by atoms with van der Waals surface area (Å²) in [5, 5.41) is 2.83. The average Bonchev–Trinajstić information content (AvgIpc) is 2.95. The highest BCUT2D eigenvalue weighted by molar-refractivity contribution is 6.00. The van der Waals surface area contributed by atoms with Crippen LogP contribution in [0.1, 0.15) is 5.56 Å². The molecule has 25 heavy (non-hydrogen) atoms. The van der Waals surface area contributed by atoms with Crippen molar-refractivity contribution in [1.82, 2.24) is 4.90 Å². The summed E-state index contributed by atoms with van der Waals surface area (Å²) in [6.07, 6.45) is 0. The van der Waals surface area contributed by atoms with Crippen LogP contribution in [0, 0.1) is 6.92 Å². The van der Waals surface area contributed by atoms with Gasteiger partial charge in [0.2, 0.25) is 5.91 Å². The van der Waals surface area contributed by atoms with Crippen LogP contribution >= 0.6 is 0 Å². The smallest absolute Gasteiger partial charge is 0.325 e. The van der Waals surface area contributed by atoms with Gasteiger partial charge < -0.3 is 15.0 Å². The van der Waals surface area contributed by atoms with Crippen molar-refractivity contribution in [2.45, 2.75) is 6.92 Å². The molecular weight excluding hydrogens is 318 g/mol. The summed E-state index contributed by atoms with van der Waals surface area (Å²) >= 11 is 0. The first-order valence-electron chi connectivity index (χ1n) is 8.14. The third-order valence-electron chi connectivity index (χ3n) is 4.11. The largest absolute Gasteiger partial charge is 0.495 e. The van der Waals surface area contributed by atoms with Crippen LogP contribution in [-0.4, -0.2) is 43.6 Å². The standard InChI is InChI=1S/C19H21N3O3/c1-14-6-5-7-15(12-14)20-18(23)13-21-10-11-22(19(21)24)16-8-3-4-9-17(16)25-2/h3-9,12H,10-11,13H2,1-2H3,(H,20,23). The van der Waals surface area contributed by atoms with Gasteiger partial charge in [0.25, 0.3) is 0 Å². The molecule has 0 aromatic heterocycles. The molecular formula is C19H21N3O3. The van der Waals surface area contributed by atoms with Crippen LogP contribution in [0.2, 0.25) is 0 Å². The highest BCUT2D eigenvalue weighted by Crippen LogP contribution is 2.30. The highest BCUT2D eigenvalue weighted by Gasteiger charge is 2.32. The van der Waals surface area contributed by atoms with Gasteiger partial charge in [-0.25, -0.2) is 4.79 Å². The Bertz CT molecular complexity index is 791. The monoisotopic (exact) mass is 339 g/mol. The van der Waals surface area contributed by atoms with Crippen LogP contribution in [0.4, 0.5) is 16.2 Å². The SMILES string of the molecule is COc1ccccc1N1CCN(CC(=O)Nc2cccc(C)c2)C1=O. The van der Waals surface area contributed by atoms with E-state index in [4.69, 9.17) is 4.74 Å². The molecule has 0 unspecified atom stereocenters. The molecule has 1 saturated heterocycles. The molecule has 1 fully saturated rings. The number of rotatable bonds is 5. The molecule has 1 aliphatic heterocycles. The molecule has 0 saturated carbocycles. The summed E-state index contributed by atoms with van der Waals surface area (Å²) in [7, 11) is 1.58. The van der Waals surface area contributed by atoms with E-state index in [1.165, 1.54) is 4.90 Å². The summed E-state index contributed by atoms with van der Waals surface area (Å²) in [6.45, 7) is 3.01. The second-order valence-electron chi connectivity index (χ2n) is 5.95. The summed E-state index contributed by atoms with van der Waals surface area (Å²) in [5.41, 5.74) is 2.52. The Morgan fingerprint density at radius 2 is 1.96 bits per heavy atom. The van der Waals surface area contributed by atoms with E-state index in [0.29, 0.717) is 18.8 Å². The fraction of sp³-hybridized carbons (Fsp3) is 0.263.